The Morgan fingerprint density at radius 2 is 1.40 bits per heavy atom. The van der Waals surface area contributed by atoms with Crippen LogP contribution in [0.3, 0.4) is 0 Å². The van der Waals surface area contributed by atoms with Gasteiger partial charge in [0.2, 0.25) is 0 Å². The van der Waals surface area contributed by atoms with Gasteiger partial charge in [-0.25, -0.2) is 0 Å². The minimum Gasteiger partial charge on any atom is -0.388 e. The van der Waals surface area contributed by atoms with Crippen LogP contribution in [0.25, 0.3) is 0 Å². The predicted molar refractivity (Wildman–Crippen MR) is 135 cm³/mol. The van der Waals surface area contributed by atoms with Gasteiger partial charge < -0.3 is 19.3 Å². The fourth-order valence-electron chi connectivity index (χ4n) is 5.92. The third-order valence-electron chi connectivity index (χ3n) is 8.37. The number of hydrogen-bond acceptors (Lipinski definition) is 5. The molecule has 2 aromatic rings. The minimum absolute atomic E-state index is 0.0658. The van der Waals surface area contributed by atoms with Crippen LogP contribution in [0.15, 0.2) is 36.4 Å². The summed E-state index contributed by atoms with van der Waals surface area (Å²) in [5.74, 6) is -0.695. The summed E-state index contributed by atoms with van der Waals surface area (Å²) < 4.78 is 17.8. The summed E-state index contributed by atoms with van der Waals surface area (Å²) in [5, 5.41) is 13.9. The Morgan fingerprint density at radius 1 is 0.914 bits per heavy atom. The normalized spacial score (nSPS) is 35.3. The molecular weight excluding hydrogens is 534 g/mol. The molecule has 35 heavy (non-hydrogen) atoms. The van der Waals surface area contributed by atoms with Crippen LogP contribution in [-0.2, 0) is 32.2 Å². The van der Waals surface area contributed by atoms with E-state index in [0.717, 1.165) is 0 Å². The van der Waals surface area contributed by atoms with Gasteiger partial charge in [-0.3, -0.25) is 4.79 Å². The average Bonchev–Trinajstić information content (AvgIpc) is 3.44. The van der Waals surface area contributed by atoms with E-state index in [2.05, 4.69) is 0 Å². The third-order valence-corrected chi connectivity index (χ3v) is 9.79. The number of Topliss-reactive ketones (excluding diaryl/α,β-unsaturated/α-hetero) is 1. The first-order chi connectivity index (χ1) is 16.5. The van der Waals surface area contributed by atoms with E-state index in [1.165, 1.54) is 0 Å². The zero-order valence-corrected chi connectivity index (χ0v) is 22.3. The van der Waals surface area contributed by atoms with E-state index < -0.39 is 22.3 Å². The van der Waals surface area contributed by atoms with Crippen molar-refractivity contribution in [2.24, 2.45) is 16.7 Å². The molecule has 3 aliphatic rings. The molecule has 2 saturated carbocycles. The molecular formula is C26H26Cl4O5. The number of rotatable bonds is 8. The molecule has 0 aromatic heterocycles. The topological polar surface area (TPSA) is 68.3 Å². The SMILES string of the molecule is C[C@]1(COCc2c(Cl)cccc2Cl)[C@@](C)(COCc2c(Cl)cccc2Cl)C(=O)[C@H]2[C@@H]3O[C@@H]3C[C@]21O. The number of carbonyl (C=O) groups excluding carboxylic acids is 1. The molecule has 2 aliphatic carbocycles. The van der Waals surface area contributed by atoms with Crippen LogP contribution in [0.5, 0.6) is 0 Å². The fourth-order valence-corrected chi connectivity index (χ4v) is 6.93. The van der Waals surface area contributed by atoms with Crippen LogP contribution in [0, 0.1) is 16.7 Å². The third kappa shape index (κ3) is 3.95. The molecule has 1 heterocycles. The van der Waals surface area contributed by atoms with Gasteiger partial charge in [0.05, 0.1) is 55.6 Å². The number of ketones is 1. The lowest BCUT2D eigenvalue weighted by molar-refractivity contribution is -0.168. The highest BCUT2D eigenvalue weighted by Crippen LogP contribution is 2.68. The molecule has 0 unspecified atom stereocenters. The quantitative estimate of drug-likeness (QED) is 0.393. The van der Waals surface area contributed by atoms with E-state index in [4.69, 9.17) is 60.6 Å². The number of ether oxygens (including phenoxy) is 3. The largest absolute Gasteiger partial charge is 0.388 e. The van der Waals surface area contributed by atoms with E-state index in [9.17, 15) is 9.90 Å². The van der Waals surface area contributed by atoms with Crippen molar-refractivity contribution in [1.29, 1.82) is 0 Å². The smallest absolute Gasteiger partial charge is 0.150 e. The molecule has 188 valence electrons. The lowest BCUT2D eigenvalue weighted by Gasteiger charge is -2.47. The first kappa shape index (κ1) is 25.7. The molecule has 0 bridgehead atoms. The molecule has 3 fully saturated rings. The Bertz CT molecular complexity index is 1130. The summed E-state index contributed by atoms with van der Waals surface area (Å²) in [5.41, 5.74) is -1.95. The van der Waals surface area contributed by atoms with E-state index in [1.54, 1.807) is 36.4 Å². The summed E-state index contributed by atoms with van der Waals surface area (Å²) >= 11 is 25.2. The number of fused-ring (bicyclic) bond motifs is 3. The number of halogens is 4. The van der Waals surface area contributed by atoms with Gasteiger partial charge in [0.1, 0.15) is 5.78 Å². The van der Waals surface area contributed by atoms with E-state index in [-0.39, 0.29) is 44.4 Å². The molecule has 2 aromatic carbocycles. The standard InChI is InChI=1S/C26H26Cl4O5/c1-24(12-33-10-14-16(27)5-3-6-17(14)28)23(31)21-22-20(35-22)9-26(21,32)25(24,2)13-34-11-15-18(29)7-4-8-19(15)30/h3-8,20-22,32H,9-13H2,1-2H3/t20-,21-,22-,24+,25+,26+/m1/s1. The molecule has 1 saturated heterocycles. The average molecular weight is 560 g/mol. The highest BCUT2D eigenvalue weighted by atomic mass is 35.5. The molecule has 1 aliphatic heterocycles. The van der Waals surface area contributed by atoms with Crippen LogP contribution in [-0.4, -0.2) is 41.9 Å². The van der Waals surface area contributed by atoms with Gasteiger partial charge in [-0.15, -0.1) is 0 Å². The maximum Gasteiger partial charge on any atom is 0.150 e. The summed E-state index contributed by atoms with van der Waals surface area (Å²) in [6, 6.07) is 10.5. The Hall–Kier alpha value is -0.890. The summed E-state index contributed by atoms with van der Waals surface area (Å²) in [7, 11) is 0. The van der Waals surface area contributed by atoms with E-state index in [0.29, 0.717) is 37.6 Å². The Morgan fingerprint density at radius 3 is 1.91 bits per heavy atom. The number of benzene rings is 2. The van der Waals surface area contributed by atoms with Crippen molar-refractivity contribution in [3.05, 3.63) is 67.6 Å². The van der Waals surface area contributed by atoms with E-state index in [1.807, 2.05) is 13.8 Å². The summed E-state index contributed by atoms with van der Waals surface area (Å²) in [6.07, 6.45) is 0.0237. The lowest BCUT2D eigenvalue weighted by Crippen LogP contribution is -2.55. The van der Waals surface area contributed by atoms with Crippen LogP contribution in [0.4, 0.5) is 0 Å². The van der Waals surface area contributed by atoms with Gasteiger partial charge in [-0.05, 0) is 31.2 Å². The second kappa shape index (κ2) is 9.14. The first-order valence-corrected chi connectivity index (χ1v) is 13.0. The number of carbonyl (C=O) groups is 1. The summed E-state index contributed by atoms with van der Waals surface area (Å²) in [4.78, 5) is 13.8. The second-order valence-electron chi connectivity index (χ2n) is 10.2. The van der Waals surface area contributed by atoms with Crippen LogP contribution < -0.4 is 0 Å². The number of hydrogen-bond donors (Lipinski definition) is 1. The molecule has 1 N–H and O–H groups in total. The minimum atomic E-state index is -1.28. The fraction of sp³-hybridized carbons (Fsp3) is 0.500. The van der Waals surface area contributed by atoms with Gasteiger partial charge in [0.25, 0.3) is 0 Å². The van der Waals surface area contributed by atoms with Crippen molar-refractivity contribution in [1.82, 2.24) is 0 Å². The highest BCUT2D eigenvalue weighted by Gasteiger charge is 2.81. The van der Waals surface area contributed by atoms with Crippen molar-refractivity contribution < 1.29 is 24.1 Å². The maximum absolute atomic E-state index is 13.8. The van der Waals surface area contributed by atoms with Crippen LogP contribution in [0.2, 0.25) is 20.1 Å². The number of epoxide rings is 1. The van der Waals surface area contributed by atoms with Gasteiger partial charge in [0, 0.05) is 43.1 Å². The zero-order chi connectivity index (χ0) is 25.2. The molecule has 0 spiro atoms. The second-order valence-corrected chi connectivity index (χ2v) is 11.8. The lowest BCUT2D eigenvalue weighted by atomic mass is 9.62. The van der Waals surface area contributed by atoms with Crippen molar-refractivity contribution in [3.8, 4) is 0 Å². The molecule has 0 amide bonds. The van der Waals surface area contributed by atoms with Gasteiger partial charge in [-0.1, -0.05) is 65.5 Å². The van der Waals surface area contributed by atoms with Crippen LogP contribution in [0.1, 0.15) is 31.4 Å². The van der Waals surface area contributed by atoms with Gasteiger partial charge in [0.15, 0.2) is 0 Å². The Kier molecular flexibility index (Phi) is 6.72. The molecule has 6 atom stereocenters. The van der Waals surface area contributed by atoms with Crippen molar-refractivity contribution in [2.75, 3.05) is 13.2 Å². The monoisotopic (exact) mass is 558 g/mol. The van der Waals surface area contributed by atoms with Crippen LogP contribution >= 0.6 is 46.4 Å². The zero-order valence-electron chi connectivity index (χ0n) is 19.3. The molecule has 5 nitrogen and oxygen atoms in total. The Balaban J connectivity index is 1.39. The van der Waals surface area contributed by atoms with E-state index >= 15 is 0 Å². The molecule has 0 radical (unpaired) electrons. The maximum atomic E-state index is 13.8. The van der Waals surface area contributed by atoms with Crippen molar-refractivity contribution in [3.63, 3.8) is 0 Å². The number of aliphatic hydroxyl groups is 1. The Labute approximate surface area is 224 Å². The van der Waals surface area contributed by atoms with Crippen molar-refractivity contribution in [2.45, 2.75) is 51.3 Å². The predicted octanol–water partition coefficient (Wildman–Crippen LogP) is 6.15. The van der Waals surface area contributed by atoms with Crippen molar-refractivity contribution >= 4 is 52.2 Å². The molecule has 5 rings (SSSR count). The van der Waals surface area contributed by atoms with Gasteiger partial charge >= 0.3 is 0 Å². The molecule has 9 heteroatoms. The van der Waals surface area contributed by atoms with Gasteiger partial charge in [-0.2, -0.15) is 0 Å². The summed E-state index contributed by atoms with van der Waals surface area (Å²) in [6.45, 7) is 4.20. The highest BCUT2D eigenvalue weighted by molar-refractivity contribution is 6.36. The first-order valence-electron chi connectivity index (χ1n) is 11.5.